The summed E-state index contributed by atoms with van der Waals surface area (Å²) in [7, 11) is -1.24. The van der Waals surface area contributed by atoms with E-state index in [1.54, 1.807) is 0 Å². The van der Waals surface area contributed by atoms with Crippen molar-refractivity contribution in [2.24, 2.45) is 0 Å². The summed E-state index contributed by atoms with van der Waals surface area (Å²) in [6.07, 6.45) is 2.93. The normalized spacial score (nSPS) is 8.92. The van der Waals surface area contributed by atoms with Gasteiger partial charge in [-0.15, -0.1) is 0 Å². The van der Waals surface area contributed by atoms with Crippen molar-refractivity contribution in [3.05, 3.63) is 0 Å². The molecule has 0 saturated carbocycles. The van der Waals surface area contributed by atoms with E-state index >= 15 is 0 Å². The van der Waals surface area contributed by atoms with Gasteiger partial charge in [-0.2, -0.15) is 0 Å². The van der Waals surface area contributed by atoms with Crippen LogP contribution in [0.3, 0.4) is 0 Å². The van der Waals surface area contributed by atoms with E-state index in [9.17, 15) is 0 Å². The molecule has 0 aliphatic carbocycles. The monoisotopic (exact) mass is 205 g/mol. The van der Waals surface area contributed by atoms with E-state index in [1.165, 1.54) is 0 Å². The molecule has 0 rings (SSSR count). The first-order valence-corrected chi connectivity index (χ1v) is 6.59. The van der Waals surface area contributed by atoms with Gasteiger partial charge in [0.15, 0.2) is 0 Å². The van der Waals surface area contributed by atoms with Gasteiger partial charge in [0, 0.05) is 13.2 Å². The smallest absolute Gasteiger partial charge is 0.318 e. The van der Waals surface area contributed by atoms with E-state index in [0.717, 1.165) is 32.1 Å². The second-order valence-corrected chi connectivity index (χ2v) is 4.21. The van der Waals surface area contributed by atoms with Crippen LogP contribution in [-0.2, 0) is 13.6 Å². The maximum absolute atomic E-state index is 8.35. The van der Waals surface area contributed by atoms with E-state index in [4.69, 9.17) is 19.1 Å². The van der Waals surface area contributed by atoms with E-state index in [-0.39, 0.29) is 0 Å². The fourth-order valence-corrected chi connectivity index (χ4v) is 1.85. The van der Waals surface area contributed by atoms with Gasteiger partial charge in [-0.25, -0.2) is 10.2 Å². The zero-order valence-electron chi connectivity index (χ0n) is 8.63. The van der Waals surface area contributed by atoms with Crippen molar-refractivity contribution in [1.82, 2.24) is 0 Å². The molecule has 0 aromatic rings. The summed E-state index contributed by atoms with van der Waals surface area (Å²) >= 11 is 0. The third-order valence-electron chi connectivity index (χ3n) is 1.11. The largest absolute Gasteiger partial charge is 0.397 e. The van der Waals surface area contributed by atoms with Gasteiger partial charge in [0.2, 0.25) is 6.08 Å². The molecule has 0 spiro atoms. The second-order valence-electron chi connectivity index (χ2n) is 2.41. The SMILES string of the molecule is CCCO[SiH](C)OCCC.N=C=O. The van der Waals surface area contributed by atoms with Crippen LogP contribution in [0.5, 0.6) is 0 Å². The van der Waals surface area contributed by atoms with Gasteiger partial charge in [-0.05, 0) is 19.4 Å². The Morgan fingerprint density at radius 2 is 1.54 bits per heavy atom. The molecule has 4 nitrogen and oxygen atoms in total. The number of hydrogen-bond acceptors (Lipinski definition) is 4. The van der Waals surface area contributed by atoms with Gasteiger partial charge < -0.3 is 8.85 Å². The number of hydrogen-bond donors (Lipinski definition) is 1. The molecule has 13 heavy (non-hydrogen) atoms. The Morgan fingerprint density at radius 1 is 1.23 bits per heavy atom. The molecular weight excluding hydrogens is 186 g/mol. The van der Waals surface area contributed by atoms with E-state index < -0.39 is 9.28 Å². The average molecular weight is 205 g/mol. The van der Waals surface area contributed by atoms with Crippen molar-refractivity contribution in [2.75, 3.05) is 13.2 Å². The summed E-state index contributed by atoms with van der Waals surface area (Å²) in [5.74, 6) is 0. The quantitative estimate of drug-likeness (QED) is 0.407. The van der Waals surface area contributed by atoms with Crippen LogP contribution in [-0.4, -0.2) is 28.6 Å². The standard InChI is InChI=1S/C7H18O2Si.CHNO/c1-4-6-8-10(3)9-7-5-2;2-1-3/h10H,4-7H2,1-3H3;2H. The minimum absolute atomic E-state index is 0.750. The third-order valence-corrected chi connectivity index (χ3v) is 2.52. The van der Waals surface area contributed by atoms with Gasteiger partial charge in [0.1, 0.15) is 0 Å². The molecular formula is C8H19NO3Si. The molecule has 0 fully saturated rings. The maximum atomic E-state index is 8.35. The molecule has 78 valence electrons. The maximum Gasteiger partial charge on any atom is 0.318 e. The Kier molecular flexibility index (Phi) is 16.2. The van der Waals surface area contributed by atoms with Crippen LogP contribution in [0.4, 0.5) is 0 Å². The highest BCUT2D eigenvalue weighted by atomic mass is 28.3. The van der Waals surface area contributed by atoms with Gasteiger partial charge in [0.05, 0.1) is 0 Å². The molecule has 0 unspecified atom stereocenters. The van der Waals surface area contributed by atoms with Crippen LogP contribution in [0.25, 0.3) is 0 Å². The molecule has 0 radical (unpaired) electrons. The average Bonchev–Trinajstić information content (AvgIpc) is 2.12. The molecule has 0 aromatic carbocycles. The molecule has 1 N–H and O–H groups in total. The highest BCUT2D eigenvalue weighted by Crippen LogP contribution is 1.91. The zero-order valence-corrected chi connectivity index (χ0v) is 9.79. The fourth-order valence-electron chi connectivity index (χ4n) is 0.616. The molecule has 0 aromatic heterocycles. The predicted octanol–water partition coefficient (Wildman–Crippen LogP) is 1.59. The Bertz CT molecular complexity index is 119. The third kappa shape index (κ3) is 18.5. The molecule has 0 bridgehead atoms. The van der Waals surface area contributed by atoms with Crippen LogP contribution in [0.15, 0.2) is 0 Å². The van der Waals surface area contributed by atoms with Crippen molar-refractivity contribution >= 4 is 15.4 Å². The van der Waals surface area contributed by atoms with Gasteiger partial charge in [-0.3, -0.25) is 0 Å². The number of isocyanates is 1. The first-order chi connectivity index (χ1) is 6.22. The molecule has 0 aliphatic rings. The van der Waals surface area contributed by atoms with Crippen molar-refractivity contribution in [3.8, 4) is 0 Å². The predicted molar refractivity (Wildman–Crippen MR) is 53.9 cm³/mol. The summed E-state index contributed by atoms with van der Waals surface area (Å²) in [6.45, 7) is 8.02. The van der Waals surface area contributed by atoms with Gasteiger partial charge >= 0.3 is 9.28 Å². The minimum atomic E-state index is -1.24. The van der Waals surface area contributed by atoms with Gasteiger partial charge in [0.25, 0.3) is 0 Å². The number of rotatable bonds is 6. The summed E-state index contributed by atoms with van der Waals surface area (Å²) in [5, 5.41) is 5.40. The molecule has 0 amide bonds. The van der Waals surface area contributed by atoms with Crippen molar-refractivity contribution in [3.63, 3.8) is 0 Å². The molecule has 0 saturated heterocycles. The first kappa shape index (κ1) is 15.0. The zero-order chi connectivity index (χ0) is 10.5. The molecule has 5 heteroatoms. The summed E-state index contributed by atoms with van der Waals surface area (Å²) in [4.78, 5) is 8.35. The van der Waals surface area contributed by atoms with Gasteiger partial charge in [-0.1, -0.05) is 13.8 Å². The summed E-state index contributed by atoms with van der Waals surface area (Å²) in [5.41, 5.74) is 0. The second kappa shape index (κ2) is 14.1. The summed E-state index contributed by atoms with van der Waals surface area (Å²) < 4.78 is 10.8. The minimum Gasteiger partial charge on any atom is -0.397 e. The Morgan fingerprint density at radius 3 is 1.77 bits per heavy atom. The first-order valence-electron chi connectivity index (χ1n) is 4.49. The lowest BCUT2D eigenvalue weighted by Crippen LogP contribution is -2.19. The van der Waals surface area contributed by atoms with Crippen LogP contribution < -0.4 is 0 Å². The van der Waals surface area contributed by atoms with Crippen LogP contribution in [0.1, 0.15) is 26.7 Å². The Balaban J connectivity index is 0. The lowest BCUT2D eigenvalue weighted by Gasteiger charge is -2.10. The van der Waals surface area contributed by atoms with Crippen LogP contribution >= 0.6 is 0 Å². The lowest BCUT2D eigenvalue weighted by atomic mass is 10.5. The van der Waals surface area contributed by atoms with E-state index in [2.05, 4.69) is 20.4 Å². The Hall–Kier alpha value is -0.483. The topological polar surface area (TPSA) is 59.4 Å². The molecule has 0 atom stereocenters. The molecule has 0 heterocycles. The lowest BCUT2D eigenvalue weighted by molar-refractivity contribution is 0.202. The highest BCUT2D eigenvalue weighted by molar-refractivity contribution is 6.42. The van der Waals surface area contributed by atoms with Crippen LogP contribution in [0.2, 0.25) is 6.55 Å². The number of nitrogens with one attached hydrogen (secondary N) is 1. The van der Waals surface area contributed by atoms with Crippen molar-refractivity contribution in [1.29, 1.82) is 5.41 Å². The van der Waals surface area contributed by atoms with E-state index in [1.807, 2.05) is 0 Å². The number of carbonyl (C=O) groups excluding carboxylic acids is 1. The highest BCUT2D eigenvalue weighted by Gasteiger charge is 2.02. The Labute approximate surface area is 81.6 Å². The molecule has 0 aliphatic heterocycles. The fraction of sp³-hybridized carbons (Fsp3) is 0.875. The summed E-state index contributed by atoms with van der Waals surface area (Å²) in [6, 6.07) is 0. The van der Waals surface area contributed by atoms with E-state index in [0.29, 0.717) is 0 Å². The van der Waals surface area contributed by atoms with Crippen LogP contribution in [0, 0.1) is 5.41 Å². The van der Waals surface area contributed by atoms with Crippen molar-refractivity contribution < 1.29 is 13.6 Å². The van der Waals surface area contributed by atoms with Crippen molar-refractivity contribution in [2.45, 2.75) is 33.2 Å².